The normalized spacial score (nSPS) is 19.4. The number of halogens is 1. The van der Waals surface area contributed by atoms with Crippen molar-refractivity contribution in [3.8, 4) is 0 Å². The Balaban J connectivity index is 0.00000100. The molecule has 2 heterocycles. The molecule has 24 heavy (non-hydrogen) atoms. The Morgan fingerprint density at radius 3 is 2.79 bits per heavy atom. The molecule has 0 bridgehead atoms. The summed E-state index contributed by atoms with van der Waals surface area (Å²) in [6, 6.07) is 4.58. The molecule has 1 aliphatic rings. The lowest BCUT2D eigenvalue weighted by Crippen LogP contribution is -2.41. The molecule has 1 aromatic heterocycles. The van der Waals surface area contributed by atoms with E-state index in [0.717, 1.165) is 19.2 Å². The highest BCUT2D eigenvalue weighted by Gasteiger charge is 2.31. The third-order valence-corrected chi connectivity index (χ3v) is 6.00. The fraction of sp³-hybridized carbons (Fsp3) is 0.471. The number of pyridine rings is 1. The highest BCUT2D eigenvalue weighted by molar-refractivity contribution is 7.89. The second-order valence-corrected chi connectivity index (χ2v) is 7.36. The zero-order valence-electron chi connectivity index (χ0n) is 14.3. The molecule has 0 saturated carbocycles. The van der Waals surface area contributed by atoms with Crippen LogP contribution in [0, 0.1) is 5.82 Å². The van der Waals surface area contributed by atoms with Gasteiger partial charge in [0.25, 0.3) is 0 Å². The van der Waals surface area contributed by atoms with E-state index in [0.29, 0.717) is 18.5 Å². The van der Waals surface area contributed by atoms with Gasteiger partial charge in [-0.25, -0.2) is 12.8 Å². The molecule has 1 aromatic carbocycles. The fourth-order valence-corrected chi connectivity index (χ4v) is 4.74. The number of fused-ring (bicyclic) bond motifs is 1. The van der Waals surface area contributed by atoms with Gasteiger partial charge in [-0.2, -0.15) is 4.31 Å². The number of sulfonamides is 1. The number of benzene rings is 1. The Bertz CT molecular complexity index is 790. The summed E-state index contributed by atoms with van der Waals surface area (Å²) in [6.07, 6.45) is 3.26. The zero-order chi connectivity index (χ0) is 17.7. The minimum atomic E-state index is -3.76. The molecule has 132 valence electrons. The lowest BCUT2D eigenvalue weighted by molar-refractivity contribution is 0.353. The molecule has 1 atom stereocenters. The second-order valence-electron chi connectivity index (χ2n) is 5.50. The molecule has 0 unspecified atom stereocenters. The number of rotatable bonds is 2. The van der Waals surface area contributed by atoms with Crippen LogP contribution in [0.5, 0.6) is 0 Å². The van der Waals surface area contributed by atoms with Gasteiger partial charge in [-0.15, -0.1) is 0 Å². The summed E-state index contributed by atoms with van der Waals surface area (Å²) in [5, 5.41) is 3.81. The SMILES string of the molecule is CC.C[C@@H]1CNCCCN1S(=O)(=O)c1cccc2cncc(F)c12. The quantitative estimate of drug-likeness (QED) is 0.902. The van der Waals surface area contributed by atoms with Gasteiger partial charge < -0.3 is 5.32 Å². The molecular formula is C17H24FN3O2S. The Labute approximate surface area is 142 Å². The molecule has 3 rings (SSSR count). The molecule has 0 radical (unpaired) electrons. The van der Waals surface area contributed by atoms with Gasteiger partial charge in [0.2, 0.25) is 10.0 Å². The molecule has 5 nitrogen and oxygen atoms in total. The van der Waals surface area contributed by atoms with Crippen LogP contribution in [0.3, 0.4) is 0 Å². The van der Waals surface area contributed by atoms with Gasteiger partial charge in [-0.1, -0.05) is 26.0 Å². The van der Waals surface area contributed by atoms with Gasteiger partial charge in [0.1, 0.15) is 0 Å². The van der Waals surface area contributed by atoms with E-state index in [1.165, 1.54) is 16.6 Å². The van der Waals surface area contributed by atoms with Crippen LogP contribution < -0.4 is 5.32 Å². The summed E-state index contributed by atoms with van der Waals surface area (Å²) in [5.41, 5.74) is 0. The highest BCUT2D eigenvalue weighted by atomic mass is 32.2. The number of nitrogens with zero attached hydrogens (tertiary/aromatic N) is 2. The van der Waals surface area contributed by atoms with Crippen molar-refractivity contribution in [2.45, 2.75) is 38.1 Å². The Morgan fingerprint density at radius 2 is 2.04 bits per heavy atom. The summed E-state index contributed by atoms with van der Waals surface area (Å²) >= 11 is 0. The third-order valence-electron chi connectivity index (χ3n) is 3.95. The van der Waals surface area contributed by atoms with Crippen LogP contribution in [-0.4, -0.2) is 43.4 Å². The summed E-state index contributed by atoms with van der Waals surface area (Å²) < 4.78 is 41.7. The lowest BCUT2D eigenvalue weighted by Gasteiger charge is -2.26. The largest absolute Gasteiger partial charge is 0.315 e. The second kappa shape index (κ2) is 8.00. The molecule has 7 heteroatoms. The van der Waals surface area contributed by atoms with Gasteiger partial charge in [0.05, 0.1) is 11.1 Å². The van der Waals surface area contributed by atoms with Crippen molar-refractivity contribution in [1.29, 1.82) is 0 Å². The minimum Gasteiger partial charge on any atom is -0.315 e. The van der Waals surface area contributed by atoms with E-state index in [2.05, 4.69) is 10.3 Å². The summed E-state index contributed by atoms with van der Waals surface area (Å²) in [4.78, 5) is 3.80. The first-order valence-electron chi connectivity index (χ1n) is 8.26. The Kier molecular flexibility index (Phi) is 6.26. The molecule has 0 amide bonds. The minimum absolute atomic E-state index is 0.0126. The van der Waals surface area contributed by atoms with Crippen LogP contribution in [0.2, 0.25) is 0 Å². The van der Waals surface area contributed by atoms with Crippen molar-refractivity contribution in [1.82, 2.24) is 14.6 Å². The number of nitrogens with one attached hydrogen (secondary N) is 1. The Morgan fingerprint density at radius 1 is 1.29 bits per heavy atom. The van der Waals surface area contributed by atoms with E-state index < -0.39 is 15.8 Å². The third kappa shape index (κ3) is 3.58. The maximum absolute atomic E-state index is 14.2. The summed E-state index contributed by atoms with van der Waals surface area (Å²) in [5.74, 6) is -0.614. The van der Waals surface area contributed by atoms with Crippen LogP contribution in [0.4, 0.5) is 4.39 Å². The van der Waals surface area contributed by atoms with E-state index in [1.807, 2.05) is 20.8 Å². The van der Waals surface area contributed by atoms with Crippen molar-refractivity contribution >= 4 is 20.8 Å². The predicted molar refractivity (Wildman–Crippen MR) is 93.9 cm³/mol. The predicted octanol–water partition coefficient (Wildman–Crippen LogP) is 2.77. The molecule has 0 aliphatic carbocycles. The molecular weight excluding hydrogens is 329 g/mol. The molecule has 1 saturated heterocycles. The number of aromatic nitrogens is 1. The van der Waals surface area contributed by atoms with Crippen LogP contribution >= 0.6 is 0 Å². The molecule has 1 aliphatic heterocycles. The van der Waals surface area contributed by atoms with Crippen molar-refractivity contribution in [3.05, 3.63) is 36.4 Å². The van der Waals surface area contributed by atoms with E-state index >= 15 is 0 Å². The van der Waals surface area contributed by atoms with Gasteiger partial charge in [0.15, 0.2) is 5.82 Å². The number of hydrogen-bond acceptors (Lipinski definition) is 4. The highest BCUT2D eigenvalue weighted by Crippen LogP contribution is 2.28. The first kappa shape index (κ1) is 18.8. The van der Waals surface area contributed by atoms with Crippen molar-refractivity contribution in [3.63, 3.8) is 0 Å². The van der Waals surface area contributed by atoms with E-state index in [9.17, 15) is 12.8 Å². The van der Waals surface area contributed by atoms with Crippen molar-refractivity contribution < 1.29 is 12.8 Å². The van der Waals surface area contributed by atoms with Gasteiger partial charge in [-0.05, 0) is 26.0 Å². The van der Waals surface area contributed by atoms with Crippen LogP contribution in [0.25, 0.3) is 10.8 Å². The zero-order valence-corrected chi connectivity index (χ0v) is 15.1. The topological polar surface area (TPSA) is 62.3 Å². The van der Waals surface area contributed by atoms with Crippen molar-refractivity contribution in [2.75, 3.05) is 19.6 Å². The van der Waals surface area contributed by atoms with E-state index in [1.54, 1.807) is 12.1 Å². The summed E-state index contributed by atoms with van der Waals surface area (Å²) in [6.45, 7) is 7.66. The van der Waals surface area contributed by atoms with Gasteiger partial charge >= 0.3 is 0 Å². The first-order chi connectivity index (χ1) is 11.5. The average Bonchev–Trinajstić information content (AvgIpc) is 2.81. The molecule has 0 spiro atoms. The first-order valence-corrected chi connectivity index (χ1v) is 9.70. The molecule has 1 fully saturated rings. The van der Waals surface area contributed by atoms with Gasteiger partial charge in [-0.3, -0.25) is 4.98 Å². The van der Waals surface area contributed by atoms with Crippen LogP contribution in [0.1, 0.15) is 27.2 Å². The van der Waals surface area contributed by atoms with Crippen LogP contribution in [-0.2, 0) is 10.0 Å². The number of hydrogen-bond donors (Lipinski definition) is 1. The van der Waals surface area contributed by atoms with E-state index in [4.69, 9.17) is 0 Å². The van der Waals surface area contributed by atoms with E-state index in [-0.39, 0.29) is 16.3 Å². The monoisotopic (exact) mass is 353 g/mol. The maximum Gasteiger partial charge on any atom is 0.244 e. The van der Waals surface area contributed by atoms with Crippen molar-refractivity contribution in [2.24, 2.45) is 0 Å². The van der Waals surface area contributed by atoms with Crippen LogP contribution in [0.15, 0.2) is 35.5 Å². The molecule has 1 N–H and O–H groups in total. The van der Waals surface area contributed by atoms with Gasteiger partial charge in [0, 0.05) is 36.1 Å². The molecule has 2 aromatic rings. The lowest BCUT2D eigenvalue weighted by atomic mass is 10.2. The summed E-state index contributed by atoms with van der Waals surface area (Å²) in [7, 11) is -3.76. The Hall–Kier alpha value is -1.57. The maximum atomic E-state index is 14.2. The average molecular weight is 353 g/mol. The fourth-order valence-electron chi connectivity index (χ4n) is 2.85. The standard InChI is InChI=1S/C15H18FN3O2S.C2H6/c1-11-8-17-6-3-7-19(11)22(20,21)14-5-2-4-12-9-18-10-13(16)15(12)14;1-2/h2,4-5,9-11,17H,3,6-8H2,1H3;1-2H3/t11-;/m1./s1. The smallest absolute Gasteiger partial charge is 0.244 e.